The summed E-state index contributed by atoms with van der Waals surface area (Å²) in [4.78, 5) is 24.7. The van der Waals surface area contributed by atoms with Crippen LogP contribution in [0.4, 0.5) is 5.69 Å². The second-order valence-electron chi connectivity index (χ2n) is 6.22. The van der Waals surface area contributed by atoms with Crippen molar-refractivity contribution in [3.63, 3.8) is 0 Å². The molecule has 7 nitrogen and oxygen atoms in total. The fourth-order valence-corrected chi connectivity index (χ4v) is 3.19. The number of methoxy groups -OCH3 is 1. The molecule has 0 atom stereocenters. The Morgan fingerprint density at radius 2 is 2.11 bits per heavy atom. The molecular weight excluding hydrogens is 404 g/mol. The van der Waals surface area contributed by atoms with Crippen LogP contribution in [-0.4, -0.2) is 50.5 Å². The predicted molar refractivity (Wildman–Crippen MR) is 111 cm³/mol. The highest BCUT2D eigenvalue weighted by Crippen LogP contribution is 2.31. The Morgan fingerprint density at radius 1 is 1.32 bits per heavy atom. The number of nitrogens with one attached hydrogen (secondary N) is 2. The number of ether oxygens (including phenoxy) is 3. The summed E-state index contributed by atoms with van der Waals surface area (Å²) in [6.07, 6.45) is 0.854. The van der Waals surface area contributed by atoms with Crippen LogP contribution in [0.5, 0.6) is 5.75 Å². The highest BCUT2D eigenvalue weighted by atomic mass is 35.5. The minimum absolute atomic E-state index is 0.158. The molecule has 1 aliphatic heterocycles. The maximum absolute atomic E-state index is 12.4. The molecule has 9 heteroatoms. The highest BCUT2D eigenvalue weighted by molar-refractivity contribution is 8.02. The summed E-state index contributed by atoms with van der Waals surface area (Å²) in [5.74, 6) is 0.633. The van der Waals surface area contributed by atoms with Gasteiger partial charge < -0.3 is 24.8 Å². The number of carbonyl (C=O) groups is 2. The van der Waals surface area contributed by atoms with Crippen molar-refractivity contribution in [1.29, 1.82) is 0 Å². The summed E-state index contributed by atoms with van der Waals surface area (Å²) >= 11 is 7.77. The van der Waals surface area contributed by atoms with Crippen molar-refractivity contribution in [2.45, 2.75) is 26.4 Å². The Hall–Kier alpha value is -1.90. The fourth-order valence-electron chi connectivity index (χ4n) is 2.36. The average Bonchev–Trinajstić information content (AvgIpc) is 2.69. The van der Waals surface area contributed by atoms with Gasteiger partial charge in [-0.3, -0.25) is 9.59 Å². The number of halogens is 1. The number of benzene rings is 1. The van der Waals surface area contributed by atoms with Crippen LogP contribution >= 0.6 is 23.4 Å². The van der Waals surface area contributed by atoms with Gasteiger partial charge in [0.25, 0.3) is 11.8 Å². The van der Waals surface area contributed by atoms with Crippen LogP contribution in [0.2, 0.25) is 5.02 Å². The zero-order valence-corrected chi connectivity index (χ0v) is 17.7. The van der Waals surface area contributed by atoms with Crippen molar-refractivity contribution in [3.05, 3.63) is 33.9 Å². The van der Waals surface area contributed by atoms with Gasteiger partial charge in [-0.2, -0.15) is 0 Å². The molecule has 28 heavy (non-hydrogen) atoms. The lowest BCUT2D eigenvalue weighted by molar-refractivity contribution is -0.116. The third-order valence-electron chi connectivity index (χ3n) is 3.71. The summed E-state index contributed by atoms with van der Waals surface area (Å²) in [7, 11) is 1.45. The van der Waals surface area contributed by atoms with Crippen LogP contribution in [0.15, 0.2) is 23.3 Å². The topological polar surface area (TPSA) is 85.9 Å². The van der Waals surface area contributed by atoms with E-state index < -0.39 is 5.91 Å². The Morgan fingerprint density at radius 3 is 2.75 bits per heavy atom. The second-order valence-corrected chi connectivity index (χ2v) is 7.60. The molecular formula is C19H25ClN2O5S. The van der Waals surface area contributed by atoms with Gasteiger partial charge in [-0.25, -0.2) is 0 Å². The summed E-state index contributed by atoms with van der Waals surface area (Å²) in [6, 6.07) is 2.99. The highest BCUT2D eigenvalue weighted by Gasteiger charge is 2.19. The van der Waals surface area contributed by atoms with Gasteiger partial charge in [0.05, 0.1) is 36.1 Å². The van der Waals surface area contributed by atoms with E-state index in [4.69, 9.17) is 25.8 Å². The van der Waals surface area contributed by atoms with Crippen molar-refractivity contribution in [2.75, 3.05) is 37.9 Å². The zero-order valence-electron chi connectivity index (χ0n) is 16.2. The zero-order chi connectivity index (χ0) is 20.5. The van der Waals surface area contributed by atoms with Gasteiger partial charge in [0, 0.05) is 30.4 Å². The standard InChI is InChI=1S/C19H25ClN2O5S/c1-12(2)26-6-4-5-21-18(23)13-9-14(20)15(10-16(13)25-3)22-19(24)17-11-28-8-7-27-17/h9-12H,4-8H2,1-3H3,(H,21,23)(H,22,24). The van der Waals surface area contributed by atoms with Gasteiger partial charge in [-0.05, 0) is 26.3 Å². The van der Waals surface area contributed by atoms with Crippen molar-refractivity contribution in [1.82, 2.24) is 5.32 Å². The maximum Gasteiger partial charge on any atom is 0.291 e. The number of amides is 2. The third-order valence-corrected chi connectivity index (χ3v) is 4.81. The lowest BCUT2D eigenvalue weighted by Crippen LogP contribution is -2.26. The molecule has 2 amide bonds. The van der Waals surface area contributed by atoms with E-state index in [1.807, 2.05) is 13.8 Å². The van der Waals surface area contributed by atoms with E-state index in [2.05, 4.69) is 10.6 Å². The Balaban J connectivity index is 2.02. The van der Waals surface area contributed by atoms with Crippen LogP contribution in [0.3, 0.4) is 0 Å². The average molecular weight is 429 g/mol. The van der Waals surface area contributed by atoms with E-state index in [1.165, 1.54) is 31.0 Å². The van der Waals surface area contributed by atoms with E-state index in [9.17, 15) is 9.59 Å². The molecule has 0 unspecified atom stereocenters. The smallest absolute Gasteiger partial charge is 0.291 e. The molecule has 0 spiro atoms. The summed E-state index contributed by atoms with van der Waals surface area (Å²) < 4.78 is 16.1. The van der Waals surface area contributed by atoms with Crippen molar-refractivity contribution >= 4 is 40.9 Å². The number of hydrogen-bond donors (Lipinski definition) is 2. The number of thioether (sulfide) groups is 1. The molecule has 1 aromatic carbocycles. The van der Waals surface area contributed by atoms with E-state index in [0.717, 1.165) is 5.75 Å². The number of hydrogen-bond acceptors (Lipinski definition) is 6. The first-order valence-electron chi connectivity index (χ1n) is 8.95. The van der Waals surface area contributed by atoms with E-state index in [1.54, 1.807) is 5.41 Å². The van der Waals surface area contributed by atoms with Crippen LogP contribution in [0, 0.1) is 0 Å². The van der Waals surface area contributed by atoms with Crippen molar-refractivity contribution in [3.8, 4) is 5.75 Å². The number of anilines is 1. The molecule has 0 saturated heterocycles. The summed E-state index contributed by atoms with van der Waals surface area (Å²) in [5.41, 5.74) is 0.629. The number of carbonyl (C=O) groups excluding carboxylic acids is 2. The van der Waals surface area contributed by atoms with Crippen LogP contribution in [0.1, 0.15) is 30.6 Å². The summed E-state index contributed by atoms with van der Waals surface area (Å²) in [5, 5.41) is 7.39. The van der Waals surface area contributed by atoms with Gasteiger partial charge in [-0.1, -0.05) is 11.6 Å². The molecule has 0 bridgehead atoms. The van der Waals surface area contributed by atoms with E-state index in [-0.39, 0.29) is 22.8 Å². The first kappa shape index (κ1) is 22.4. The first-order chi connectivity index (χ1) is 13.4. The third kappa shape index (κ3) is 6.61. The maximum atomic E-state index is 12.4. The molecule has 0 aliphatic carbocycles. The van der Waals surface area contributed by atoms with Crippen LogP contribution in [0.25, 0.3) is 0 Å². The van der Waals surface area contributed by atoms with E-state index in [0.29, 0.717) is 43.2 Å². The quantitative estimate of drug-likeness (QED) is 0.586. The molecule has 1 aliphatic rings. The van der Waals surface area contributed by atoms with Gasteiger partial charge in [-0.15, -0.1) is 11.8 Å². The summed E-state index contributed by atoms with van der Waals surface area (Å²) in [6.45, 7) is 5.43. The molecule has 1 heterocycles. The van der Waals surface area contributed by atoms with Gasteiger partial charge >= 0.3 is 0 Å². The van der Waals surface area contributed by atoms with Gasteiger partial charge in [0.2, 0.25) is 0 Å². The predicted octanol–water partition coefficient (Wildman–Crippen LogP) is 3.44. The lowest BCUT2D eigenvalue weighted by atomic mass is 10.1. The molecule has 0 saturated carbocycles. The second kappa shape index (κ2) is 11.2. The lowest BCUT2D eigenvalue weighted by Gasteiger charge is -2.16. The normalized spacial score (nSPS) is 13.5. The molecule has 2 rings (SSSR count). The van der Waals surface area contributed by atoms with Crippen LogP contribution in [-0.2, 0) is 14.3 Å². The largest absolute Gasteiger partial charge is 0.496 e. The van der Waals surface area contributed by atoms with Gasteiger partial charge in [0.15, 0.2) is 5.76 Å². The van der Waals surface area contributed by atoms with E-state index >= 15 is 0 Å². The number of rotatable bonds is 9. The SMILES string of the molecule is COc1cc(NC(=O)C2=CSCCO2)c(Cl)cc1C(=O)NCCCOC(C)C. The minimum Gasteiger partial charge on any atom is -0.496 e. The van der Waals surface area contributed by atoms with Crippen molar-refractivity contribution in [2.24, 2.45) is 0 Å². The molecule has 0 fully saturated rings. The molecule has 1 aromatic rings. The minimum atomic E-state index is -0.404. The Labute approximate surface area is 174 Å². The molecule has 0 aromatic heterocycles. The monoisotopic (exact) mass is 428 g/mol. The Kier molecular flexibility index (Phi) is 8.95. The molecule has 2 N–H and O–H groups in total. The first-order valence-corrected chi connectivity index (χ1v) is 10.4. The Bertz CT molecular complexity index is 739. The molecule has 0 radical (unpaired) electrons. The van der Waals surface area contributed by atoms with Crippen molar-refractivity contribution < 1.29 is 23.8 Å². The van der Waals surface area contributed by atoms with Crippen LogP contribution < -0.4 is 15.4 Å². The fraction of sp³-hybridized carbons (Fsp3) is 0.474. The molecule has 154 valence electrons. The van der Waals surface area contributed by atoms with Gasteiger partial charge in [0.1, 0.15) is 5.75 Å².